The lowest BCUT2D eigenvalue weighted by Gasteiger charge is -2.08. The van der Waals surface area contributed by atoms with Gasteiger partial charge < -0.3 is 4.74 Å². The number of nitrogens with zero attached hydrogens (tertiary/aromatic N) is 2. The van der Waals surface area contributed by atoms with Gasteiger partial charge in [-0.2, -0.15) is 0 Å². The quantitative estimate of drug-likeness (QED) is 0.493. The average molecular weight is 352 g/mol. The first-order chi connectivity index (χ1) is 11.8. The van der Waals surface area contributed by atoms with E-state index in [9.17, 15) is 4.79 Å². The SMILES string of the molecule is COC(=O)c1ccc2nc(-c3cccs3)c(-c3cccs3)nc2c1. The molecule has 0 saturated heterocycles. The second-order valence-corrected chi connectivity index (χ2v) is 6.97. The average Bonchev–Trinajstić information content (AvgIpc) is 3.32. The van der Waals surface area contributed by atoms with Crippen molar-refractivity contribution in [3.8, 4) is 21.1 Å². The van der Waals surface area contributed by atoms with Crippen LogP contribution in [0.15, 0.2) is 53.2 Å². The molecule has 0 saturated carbocycles. The molecular formula is C18H12N2O2S2. The summed E-state index contributed by atoms with van der Waals surface area (Å²) >= 11 is 3.26. The van der Waals surface area contributed by atoms with E-state index in [2.05, 4.69) is 0 Å². The number of carbonyl (C=O) groups is 1. The van der Waals surface area contributed by atoms with E-state index in [-0.39, 0.29) is 5.97 Å². The molecule has 0 spiro atoms. The highest BCUT2D eigenvalue weighted by atomic mass is 32.1. The molecule has 0 atom stereocenters. The van der Waals surface area contributed by atoms with Gasteiger partial charge in [-0.3, -0.25) is 0 Å². The molecule has 4 aromatic rings. The highest BCUT2D eigenvalue weighted by molar-refractivity contribution is 7.14. The van der Waals surface area contributed by atoms with Gasteiger partial charge in [0.15, 0.2) is 0 Å². The molecule has 0 aliphatic rings. The monoisotopic (exact) mass is 352 g/mol. The Hall–Kier alpha value is -2.57. The van der Waals surface area contributed by atoms with Crippen molar-refractivity contribution in [3.63, 3.8) is 0 Å². The van der Waals surface area contributed by atoms with Gasteiger partial charge in [-0.1, -0.05) is 12.1 Å². The summed E-state index contributed by atoms with van der Waals surface area (Å²) in [6, 6.07) is 13.3. The Morgan fingerprint density at radius 2 is 1.54 bits per heavy atom. The Kier molecular flexibility index (Phi) is 3.84. The third kappa shape index (κ3) is 2.60. The zero-order valence-electron chi connectivity index (χ0n) is 12.7. The van der Waals surface area contributed by atoms with Gasteiger partial charge in [0.25, 0.3) is 0 Å². The van der Waals surface area contributed by atoms with E-state index < -0.39 is 0 Å². The van der Waals surface area contributed by atoms with Crippen LogP contribution in [0, 0.1) is 0 Å². The van der Waals surface area contributed by atoms with Crippen LogP contribution in [0.4, 0.5) is 0 Å². The number of aromatic nitrogens is 2. The van der Waals surface area contributed by atoms with Crippen molar-refractivity contribution in [2.24, 2.45) is 0 Å². The standard InChI is InChI=1S/C18H12N2O2S2/c1-22-18(21)11-6-7-12-13(10-11)20-17(15-5-3-9-24-15)16(19-12)14-4-2-8-23-14/h2-10H,1H3. The van der Waals surface area contributed by atoms with Crippen LogP contribution in [0.2, 0.25) is 0 Å². The fraction of sp³-hybridized carbons (Fsp3) is 0.0556. The van der Waals surface area contributed by atoms with Gasteiger partial charge in [-0.05, 0) is 41.1 Å². The number of hydrogen-bond donors (Lipinski definition) is 0. The molecule has 6 heteroatoms. The molecule has 0 amide bonds. The minimum absolute atomic E-state index is 0.376. The number of esters is 1. The van der Waals surface area contributed by atoms with E-state index in [1.807, 2.05) is 41.1 Å². The molecule has 0 aliphatic carbocycles. The van der Waals surface area contributed by atoms with Gasteiger partial charge in [0.2, 0.25) is 0 Å². The van der Waals surface area contributed by atoms with Crippen LogP contribution < -0.4 is 0 Å². The summed E-state index contributed by atoms with van der Waals surface area (Å²) in [6.07, 6.45) is 0. The second kappa shape index (κ2) is 6.14. The number of thiophene rings is 2. The Morgan fingerprint density at radius 1 is 0.917 bits per heavy atom. The number of rotatable bonds is 3. The van der Waals surface area contributed by atoms with E-state index >= 15 is 0 Å². The molecule has 118 valence electrons. The summed E-state index contributed by atoms with van der Waals surface area (Å²) in [5.74, 6) is -0.376. The smallest absolute Gasteiger partial charge is 0.337 e. The summed E-state index contributed by atoms with van der Waals surface area (Å²) in [6.45, 7) is 0. The van der Waals surface area contributed by atoms with Crippen LogP contribution in [-0.2, 0) is 4.74 Å². The van der Waals surface area contributed by atoms with Crippen LogP contribution in [0.3, 0.4) is 0 Å². The molecule has 0 bridgehead atoms. The summed E-state index contributed by atoms with van der Waals surface area (Å²) in [4.78, 5) is 23.5. The summed E-state index contributed by atoms with van der Waals surface area (Å²) < 4.78 is 4.79. The van der Waals surface area contributed by atoms with Gasteiger partial charge in [-0.25, -0.2) is 14.8 Å². The van der Waals surface area contributed by atoms with E-state index in [4.69, 9.17) is 14.7 Å². The first-order valence-electron chi connectivity index (χ1n) is 7.24. The topological polar surface area (TPSA) is 52.1 Å². The molecule has 1 aromatic carbocycles. The fourth-order valence-corrected chi connectivity index (χ4v) is 3.90. The van der Waals surface area contributed by atoms with Gasteiger partial charge in [0, 0.05) is 0 Å². The van der Waals surface area contributed by atoms with Crippen LogP contribution >= 0.6 is 22.7 Å². The predicted octanol–water partition coefficient (Wildman–Crippen LogP) is 4.87. The third-order valence-electron chi connectivity index (χ3n) is 3.59. The molecule has 3 aromatic heterocycles. The minimum Gasteiger partial charge on any atom is -0.465 e. The first kappa shape index (κ1) is 15.0. The maximum absolute atomic E-state index is 11.8. The number of methoxy groups -OCH3 is 1. The zero-order valence-corrected chi connectivity index (χ0v) is 14.4. The molecule has 0 aliphatic heterocycles. The van der Waals surface area contributed by atoms with E-state index in [0.717, 1.165) is 26.7 Å². The molecule has 4 rings (SSSR count). The molecule has 0 N–H and O–H groups in total. The lowest BCUT2D eigenvalue weighted by molar-refractivity contribution is 0.0601. The molecule has 4 nitrogen and oxygen atoms in total. The van der Waals surface area contributed by atoms with Gasteiger partial charge in [-0.15, -0.1) is 22.7 Å². The van der Waals surface area contributed by atoms with Crippen LogP contribution in [0.25, 0.3) is 32.2 Å². The molecule has 0 radical (unpaired) electrons. The summed E-state index contributed by atoms with van der Waals surface area (Å²) in [7, 11) is 1.37. The number of hydrogen-bond acceptors (Lipinski definition) is 6. The number of fused-ring (bicyclic) bond motifs is 1. The minimum atomic E-state index is -0.376. The van der Waals surface area contributed by atoms with Crippen molar-refractivity contribution >= 4 is 39.7 Å². The van der Waals surface area contributed by atoms with E-state index in [0.29, 0.717) is 11.1 Å². The lowest BCUT2D eigenvalue weighted by atomic mass is 10.1. The number of ether oxygens (including phenoxy) is 1. The Balaban J connectivity index is 1.97. The normalized spacial score (nSPS) is 10.9. The van der Waals surface area contributed by atoms with Crippen LogP contribution in [0.5, 0.6) is 0 Å². The third-order valence-corrected chi connectivity index (χ3v) is 5.35. The van der Waals surface area contributed by atoms with Crippen molar-refractivity contribution in [1.29, 1.82) is 0 Å². The predicted molar refractivity (Wildman–Crippen MR) is 97.5 cm³/mol. The lowest BCUT2D eigenvalue weighted by Crippen LogP contribution is -2.02. The van der Waals surface area contributed by atoms with Gasteiger partial charge in [0.05, 0.1) is 33.5 Å². The molecule has 3 heterocycles. The van der Waals surface area contributed by atoms with Crippen LogP contribution in [-0.4, -0.2) is 23.0 Å². The van der Waals surface area contributed by atoms with E-state index in [1.165, 1.54) is 7.11 Å². The second-order valence-electron chi connectivity index (χ2n) is 5.07. The molecule has 0 unspecified atom stereocenters. The van der Waals surface area contributed by atoms with Crippen molar-refractivity contribution in [1.82, 2.24) is 9.97 Å². The molecular weight excluding hydrogens is 340 g/mol. The van der Waals surface area contributed by atoms with Crippen molar-refractivity contribution in [2.45, 2.75) is 0 Å². The van der Waals surface area contributed by atoms with Gasteiger partial charge >= 0.3 is 5.97 Å². The molecule has 0 fully saturated rings. The largest absolute Gasteiger partial charge is 0.465 e. The highest BCUT2D eigenvalue weighted by Gasteiger charge is 2.16. The van der Waals surface area contributed by atoms with Crippen molar-refractivity contribution < 1.29 is 9.53 Å². The zero-order chi connectivity index (χ0) is 16.5. The highest BCUT2D eigenvalue weighted by Crippen LogP contribution is 2.35. The first-order valence-corrected chi connectivity index (χ1v) is 9.00. The molecule has 24 heavy (non-hydrogen) atoms. The Morgan fingerprint density at radius 3 is 2.08 bits per heavy atom. The maximum Gasteiger partial charge on any atom is 0.337 e. The maximum atomic E-state index is 11.8. The fourth-order valence-electron chi connectivity index (χ4n) is 2.47. The van der Waals surface area contributed by atoms with Gasteiger partial charge in [0.1, 0.15) is 11.4 Å². The Bertz CT molecular complexity index is 1010. The van der Waals surface area contributed by atoms with E-state index in [1.54, 1.807) is 34.8 Å². The Labute approximate surface area is 146 Å². The van der Waals surface area contributed by atoms with Crippen molar-refractivity contribution in [3.05, 3.63) is 58.8 Å². The summed E-state index contributed by atoms with van der Waals surface area (Å²) in [5.41, 5.74) is 3.61. The van der Waals surface area contributed by atoms with Crippen LogP contribution in [0.1, 0.15) is 10.4 Å². The number of carbonyl (C=O) groups excluding carboxylic acids is 1. The van der Waals surface area contributed by atoms with Crippen molar-refractivity contribution in [2.75, 3.05) is 7.11 Å². The summed E-state index contributed by atoms with van der Waals surface area (Å²) in [5, 5.41) is 4.05. The number of benzene rings is 1.